The lowest BCUT2D eigenvalue weighted by Crippen LogP contribution is -2.37. The molecule has 1 amide bonds. The molecule has 0 unspecified atom stereocenters. The Kier molecular flexibility index (Phi) is 2.49. The highest BCUT2D eigenvalue weighted by Crippen LogP contribution is 2.18. The minimum absolute atomic E-state index is 0.0681. The van der Waals surface area contributed by atoms with Gasteiger partial charge in [0.25, 0.3) is 0 Å². The van der Waals surface area contributed by atoms with Gasteiger partial charge in [-0.15, -0.1) is 0 Å². The molecular weight excluding hydrogens is 166 g/mol. The molecular formula is C7H10ClNO2. The fourth-order valence-electron chi connectivity index (χ4n) is 1.38. The molecule has 1 rings (SSSR count). The Bertz CT molecular complexity index is 173. The Hall–Kier alpha value is -0.570. The zero-order chi connectivity index (χ0) is 8.43. The van der Waals surface area contributed by atoms with E-state index in [2.05, 4.69) is 0 Å². The lowest BCUT2D eigenvalue weighted by atomic mass is 10.2. The van der Waals surface area contributed by atoms with Gasteiger partial charge >= 0.3 is 0 Å². The average molecular weight is 176 g/mol. The van der Waals surface area contributed by atoms with E-state index in [0.29, 0.717) is 13.0 Å². The van der Waals surface area contributed by atoms with E-state index in [4.69, 9.17) is 11.6 Å². The van der Waals surface area contributed by atoms with Crippen molar-refractivity contribution in [2.24, 2.45) is 0 Å². The first-order valence-corrected chi connectivity index (χ1v) is 3.97. The van der Waals surface area contributed by atoms with Crippen LogP contribution < -0.4 is 0 Å². The molecule has 1 heterocycles. The summed E-state index contributed by atoms with van der Waals surface area (Å²) in [6.45, 7) is 2.12. The molecule has 0 aromatic rings. The van der Waals surface area contributed by atoms with Gasteiger partial charge in [0, 0.05) is 13.5 Å². The summed E-state index contributed by atoms with van der Waals surface area (Å²) in [4.78, 5) is 23.1. The van der Waals surface area contributed by atoms with Crippen molar-refractivity contribution in [1.82, 2.24) is 4.90 Å². The molecule has 11 heavy (non-hydrogen) atoms. The number of hydrogen-bond donors (Lipinski definition) is 0. The second kappa shape index (κ2) is 3.22. The van der Waals surface area contributed by atoms with E-state index in [1.165, 1.54) is 11.8 Å². The fraction of sp³-hybridized carbons (Fsp3) is 0.714. The van der Waals surface area contributed by atoms with Crippen molar-refractivity contribution >= 4 is 22.8 Å². The van der Waals surface area contributed by atoms with Crippen molar-refractivity contribution in [3.05, 3.63) is 0 Å². The van der Waals surface area contributed by atoms with Crippen LogP contribution in [0, 0.1) is 0 Å². The number of halogens is 1. The molecule has 0 saturated carbocycles. The first-order chi connectivity index (χ1) is 5.13. The Morgan fingerprint density at radius 1 is 1.55 bits per heavy atom. The Morgan fingerprint density at radius 2 is 2.18 bits per heavy atom. The smallest absolute Gasteiger partial charge is 0.244 e. The molecule has 0 aromatic carbocycles. The molecule has 0 aliphatic carbocycles. The monoisotopic (exact) mass is 175 g/mol. The third-order valence-corrected chi connectivity index (χ3v) is 2.17. The van der Waals surface area contributed by atoms with Crippen LogP contribution >= 0.6 is 11.6 Å². The maximum Gasteiger partial charge on any atom is 0.244 e. The highest BCUT2D eigenvalue weighted by molar-refractivity contribution is 6.64. The highest BCUT2D eigenvalue weighted by Gasteiger charge is 2.30. The van der Waals surface area contributed by atoms with Gasteiger partial charge in [-0.1, -0.05) is 0 Å². The highest BCUT2D eigenvalue weighted by atomic mass is 35.5. The van der Waals surface area contributed by atoms with Crippen LogP contribution in [0.25, 0.3) is 0 Å². The zero-order valence-corrected chi connectivity index (χ0v) is 7.10. The van der Waals surface area contributed by atoms with Gasteiger partial charge in [-0.05, 0) is 24.4 Å². The summed E-state index contributed by atoms with van der Waals surface area (Å²) >= 11 is 5.29. The topological polar surface area (TPSA) is 37.4 Å². The van der Waals surface area contributed by atoms with Crippen LogP contribution in [0.15, 0.2) is 0 Å². The number of likely N-dealkylation sites (tertiary alicyclic amines) is 1. The van der Waals surface area contributed by atoms with Crippen molar-refractivity contribution < 1.29 is 9.59 Å². The summed E-state index contributed by atoms with van der Waals surface area (Å²) in [5.74, 6) is -0.0681. The van der Waals surface area contributed by atoms with E-state index in [9.17, 15) is 9.59 Å². The Labute approximate surface area is 70.3 Å². The first-order valence-electron chi connectivity index (χ1n) is 3.59. The molecule has 1 atom stereocenters. The molecule has 3 nitrogen and oxygen atoms in total. The lowest BCUT2D eigenvalue weighted by Gasteiger charge is -2.19. The number of hydrogen-bond acceptors (Lipinski definition) is 2. The lowest BCUT2D eigenvalue weighted by molar-refractivity contribution is -0.133. The summed E-state index contributed by atoms with van der Waals surface area (Å²) < 4.78 is 0. The molecule has 0 bridgehead atoms. The number of nitrogens with zero attached hydrogens (tertiary/aromatic N) is 1. The molecule has 62 valence electrons. The van der Waals surface area contributed by atoms with E-state index in [-0.39, 0.29) is 11.9 Å². The van der Waals surface area contributed by atoms with Crippen molar-refractivity contribution in [3.63, 3.8) is 0 Å². The number of amides is 1. The molecule has 1 saturated heterocycles. The third kappa shape index (κ3) is 1.71. The molecule has 0 aromatic heterocycles. The van der Waals surface area contributed by atoms with Gasteiger partial charge < -0.3 is 4.90 Å². The van der Waals surface area contributed by atoms with Gasteiger partial charge in [-0.3, -0.25) is 9.59 Å². The van der Waals surface area contributed by atoms with Crippen molar-refractivity contribution in [2.45, 2.75) is 25.8 Å². The third-order valence-electron chi connectivity index (χ3n) is 1.92. The summed E-state index contributed by atoms with van der Waals surface area (Å²) in [5.41, 5.74) is 0. The fourth-order valence-corrected chi connectivity index (χ4v) is 1.61. The van der Waals surface area contributed by atoms with Gasteiger partial charge in [0.15, 0.2) is 0 Å². The van der Waals surface area contributed by atoms with Crippen LogP contribution in [0.4, 0.5) is 0 Å². The Morgan fingerprint density at radius 3 is 2.55 bits per heavy atom. The van der Waals surface area contributed by atoms with Crippen LogP contribution in [0.1, 0.15) is 19.8 Å². The van der Waals surface area contributed by atoms with E-state index in [1.54, 1.807) is 0 Å². The second-order valence-electron chi connectivity index (χ2n) is 2.67. The number of rotatable bonds is 1. The second-order valence-corrected chi connectivity index (χ2v) is 3.05. The molecule has 1 aliphatic heterocycles. The van der Waals surface area contributed by atoms with Crippen LogP contribution in [-0.4, -0.2) is 28.6 Å². The predicted molar refractivity (Wildman–Crippen MR) is 41.3 cm³/mol. The van der Waals surface area contributed by atoms with E-state index >= 15 is 0 Å². The van der Waals surface area contributed by atoms with Crippen LogP contribution in [0.3, 0.4) is 0 Å². The summed E-state index contributed by atoms with van der Waals surface area (Å²) in [7, 11) is 0. The quantitative estimate of drug-likeness (QED) is 0.552. The van der Waals surface area contributed by atoms with Gasteiger partial charge in [0.1, 0.15) is 6.04 Å². The maximum atomic E-state index is 10.9. The van der Waals surface area contributed by atoms with Crippen LogP contribution in [0.5, 0.6) is 0 Å². The van der Waals surface area contributed by atoms with Crippen molar-refractivity contribution in [1.29, 1.82) is 0 Å². The van der Waals surface area contributed by atoms with E-state index < -0.39 is 5.24 Å². The van der Waals surface area contributed by atoms with Gasteiger partial charge in [-0.2, -0.15) is 0 Å². The summed E-state index contributed by atoms with van der Waals surface area (Å²) in [6, 6.07) is -0.367. The van der Waals surface area contributed by atoms with Crippen molar-refractivity contribution in [2.75, 3.05) is 6.54 Å². The standard InChI is InChI=1S/C7H10ClNO2/c1-5(10)9-4-2-3-6(9)7(8)11/h6H,2-4H2,1H3/t6-/m0/s1. The minimum atomic E-state index is -0.419. The molecule has 1 fully saturated rings. The predicted octanol–water partition coefficient (Wildman–Crippen LogP) is 0.763. The van der Waals surface area contributed by atoms with E-state index in [1.807, 2.05) is 0 Å². The molecule has 0 N–H and O–H groups in total. The maximum absolute atomic E-state index is 10.9. The first kappa shape index (κ1) is 8.53. The van der Waals surface area contributed by atoms with Crippen LogP contribution in [0.2, 0.25) is 0 Å². The van der Waals surface area contributed by atoms with Gasteiger partial charge in [0.05, 0.1) is 0 Å². The number of carbonyl (C=O) groups is 2. The van der Waals surface area contributed by atoms with Gasteiger partial charge in [0.2, 0.25) is 11.1 Å². The zero-order valence-electron chi connectivity index (χ0n) is 6.34. The molecule has 1 aliphatic rings. The SMILES string of the molecule is CC(=O)N1CCC[C@H]1C(=O)Cl. The van der Waals surface area contributed by atoms with Crippen molar-refractivity contribution in [3.8, 4) is 0 Å². The van der Waals surface area contributed by atoms with Gasteiger partial charge in [-0.25, -0.2) is 0 Å². The summed E-state index contributed by atoms with van der Waals surface area (Å²) in [5, 5.41) is -0.419. The molecule has 4 heteroatoms. The number of carbonyl (C=O) groups excluding carboxylic acids is 2. The van der Waals surface area contributed by atoms with Crippen LogP contribution in [-0.2, 0) is 9.59 Å². The summed E-state index contributed by atoms with van der Waals surface area (Å²) in [6.07, 6.45) is 1.59. The largest absolute Gasteiger partial charge is 0.332 e. The minimum Gasteiger partial charge on any atom is -0.332 e. The molecule has 0 spiro atoms. The molecule has 0 radical (unpaired) electrons. The Balaban J connectivity index is 2.65. The normalized spacial score (nSPS) is 23.8. The van der Waals surface area contributed by atoms with E-state index in [0.717, 1.165) is 6.42 Å². The average Bonchev–Trinajstić information content (AvgIpc) is 2.32.